The summed E-state index contributed by atoms with van der Waals surface area (Å²) >= 11 is 5.95. The van der Waals surface area contributed by atoms with Crippen LogP contribution in [0.5, 0.6) is 0 Å². The fourth-order valence-corrected chi connectivity index (χ4v) is 3.17. The van der Waals surface area contributed by atoms with E-state index in [0.717, 1.165) is 5.56 Å². The number of hydrogen-bond donors (Lipinski definition) is 1. The van der Waals surface area contributed by atoms with E-state index >= 15 is 0 Å². The predicted octanol–water partition coefficient (Wildman–Crippen LogP) is 3.64. The molecule has 0 amide bonds. The standard InChI is InChI=1S/C16H22ClN3OSi/c1-22(2,3)10-4-9-16(21,11-20-13-18-12-19-20)14-5-7-15(17)8-6-14/h4-8,10,12-13,21H,9,11H2,1-3H3/b10-4+. The summed E-state index contributed by atoms with van der Waals surface area (Å²) < 4.78 is 1.65. The van der Waals surface area contributed by atoms with Gasteiger partial charge in [-0.2, -0.15) is 5.10 Å². The first kappa shape index (κ1) is 16.9. The van der Waals surface area contributed by atoms with Crippen LogP contribution >= 0.6 is 11.6 Å². The average Bonchev–Trinajstić information content (AvgIpc) is 2.90. The number of rotatable bonds is 6. The highest BCUT2D eigenvalue weighted by molar-refractivity contribution is 6.80. The zero-order chi connectivity index (χ0) is 16.2. The van der Waals surface area contributed by atoms with Crippen molar-refractivity contribution in [3.05, 3.63) is 59.3 Å². The summed E-state index contributed by atoms with van der Waals surface area (Å²) in [5.74, 6) is 0. The van der Waals surface area contributed by atoms with Crippen molar-refractivity contribution < 1.29 is 5.11 Å². The summed E-state index contributed by atoms with van der Waals surface area (Å²) in [6.07, 6.45) is 5.69. The molecule has 0 fully saturated rings. The number of aromatic nitrogens is 3. The third-order valence-electron chi connectivity index (χ3n) is 3.35. The molecule has 1 aromatic heterocycles. The second-order valence-electron chi connectivity index (χ2n) is 6.60. The van der Waals surface area contributed by atoms with Gasteiger partial charge in [0, 0.05) is 5.02 Å². The molecule has 0 saturated carbocycles. The Labute approximate surface area is 137 Å². The lowest BCUT2D eigenvalue weighted by molar-refractivity contribution is 0.0178. The third kappa shape index (κ3) is 4.80. The van der Waals surface area contributed by atoms with E-state index in [1.54, 1.807) is 23.1 Å². The van der Waals surface area contributed by atoms with Crippen LogP contribution in [0.1, 0.15) is 12.0 Å². The minimum absolute atomic E-state index is 0.352. The van der Waals surface area contributed by atoms with Crippen molar-refractivity contribution in [1.82, 2.24) is 14.8 Å². The lowest BCUT2D eigenvalue weighted by Crippen LogP contribution is -2.31. The summed E-state index contributed by atoms with van der Waals surface area (Å²) in [5, 5.41) is 15.9. The van der Waals surface area contributed by atoms with Crippen molar-refractivity contribution in [3.8, 4) is 0 Å². The molecule has 0 radical (unpaired) electrons. The van der Waals surface area contributed by atoms with E-state index in [0.29, 0.717) is 18.0 Å². The molecule has 6 heteroatoms. The molecule has 2 rings (SSSR count). The van der Waals surface area contributed by atoms with Crippen molar-refractivity contribution >= 4 is 19.7 Å². The molecule has 1 unspecified atom stereocenters. The lowest BCUT2D eigenvalue weighted by Gasteiger charge is -2.28. The van der Waals surface area contributed by atoms with E-state index in [9.17, 15) is 5.11 Å². The van der Waals surface area contributed by atoms with Gasteiger partial charge in [0.1, 0.15) is 18.3 Å². The van der Waals surface area contributed by atoms with E-state index < -0.39 is 13.7 Å². The Balaban J connectivity index is 2.27. The van der Waals surface area contributed by atoms with E-state index in [1.165, 1.54) is 6.33 Å². The van der Waals surface area contributed by atoms with Gasteiger partial charge in [0.25, 0.3) is 0 Å². The Morgan fingerprint density at radius 1 is 1.27 bits per heavy atom. The Kier molecular flexibility index (Phi) is 5.21. The molecule has 1 atom stereocenters. The number of hydrogen-bond acceptors (Lipinski definition) is 3. The molecule has 1 aromatic carbocycles. The fraction of sp³-hybridized carbons (Fsp3) is 0.375. The van der Waals surface area contributed by atoms with Crippen molar-refractivity contribution in [2.45, 2.75) is 38.2 Å². The third-order valence-corrected chi connectivity index (χ3v) is 4.83. The maximum atomic E-state index is 11.2. The average molecular weight is 336 g/mol. The molecule has 1 heterocycles. The topological polar surface area (TPSA) is 50.9 Å². The molecule has 0 saturated heterocycles. The molecule has 22 heavy (non-hydrogen) atoms. The normalized spacial score (nSPS) is 15.1. The van der Waals surface area contributed by atoms with Crippen LogP contribution in [-0.2, 0) is 12.1 Å². The SMILES string of the molecule is C[Si](C)(C)/C=C/CC(O)(Cn1cncn1)c1ccc(Cl)cc1. The number of aliphatic hydroxyl groups is 1. The Morgan fingerprint density at radius 3 is 2.50 bits per heavy atom. The van der Waals surface area contributed by atoms with Crippen LogP contribution in [0.4, 0.5) is 0 Å². The van der Waals surface area contributed by atoms with E-state index in [2.05, 4.69) is 41.5 Å². The van der Waals surface area contributed by atoms with Crippen LogP contribution < -0.4 is 0 Å². The largest absolute Gasteiger partial charge is 0.383 e. The molecular formula is C16H22ClN3OSi. The van der Waals surface area contributed by atoms with Crippen LogP contribution in [0, 0.1) is 0 Å². The first-order valence-electron chi connectivity index (χ1n) is 7.27. The quantitative estimate of drug-likeness (QED) is 0.820. The van der Waals surface area contributed by atoms with E-state index in [-0.39, 0.29) is 0 Å². The minimum Gasteiger partial charge on any atom is -0.383 e. The monoisotopic (exact) mass is 335 g/mol. The minimum atomic E-state index is -1.29. The number of halogens is 1. The van der Waals surface area contributed by atoms with Crippen molar-refractivity contribution in [3.63, 3.8) is 0 Å². The molecular weight excluding hydrogens is 314 g/mol. The van der Waals surface area contributed by atoms with Gasteiger partial charge in [-0.1, -0.05) is 55.2 Å². The summed E-state index contributed by atoms with van der Waals surface area (Å²) in [5.41, 5.74) is 2.04. The summed E-state index contributed by atoms with van der Waals surface area (Å²) in [7, 11) is -1.29. The van der Waals surface area contributed by atoms with Gasteiger partial charge in [-0.25, -0.2) is 9.67 Å². The summed E-state index contributed by atoms with van der Waals surface area (Å²) in [4.78, 5) is 3.94. The smallest absolute Gasteiger partial charge is 0.137 e. The molecule has 0 aliphatic heterocycles. The van der Waals surface area contributed by atoms with Crippen molar-refractivity contribution in [2.24, 2.45) is 0 Å². The van der Waals surface area contributed by atoms with Gasteiger partial charge in [-0.05, 0) is 24.1 Å². The van der Waals surface area contributed by atoms with E-state index in [4.69, 9.17) is 11.6 Å². The molecule has 1 N–H and O–H groups in total. The molecule has 0 aliphatic carbocycles. The second kappa shape index (κ2) is 6.77. The zero-order valence-corrected chi connectivity index (χ0v) is 15.0. The Bertz CT molecular complexity index is 620. The molecule has 2 aromatic rings. The highest BCUT2D eigenvalue weighted by Crippen LogP contribution is 2.29. The Morgan fingerprint density at radius 2 is 1.95 bits per heavy atom. The van der Waals surface area contributed by atoms with Crippen molar-refractivity contribution in [1.29, 1.82) is 0 Å². The van der Waals surface area contributed by atoms with Gasteiger partial charge in [0.2, 0.25) is 0 Å². The first-order valence-corrected chi connectivity index (χ1v) is 11.2. The van der Waals surface area contributed by atoms with Gasteiger partial charge in [0.05, 0.1) is 14.6 Å². The van der Waals surface area contributed by atoms with Crippen LogP contribution in [0.25, 0.3) is 0 Å². The van der Waals surface area contributed by atoms with Crippen LogP contribution in [0.15, 0.2) is 48.7 Å². The first-order chi connectivity index (χ1) is 10.3. The van der Waals surface area contributed by atoms with Gasteiger partial charge < -0.3 is 5.11 Å². The maximum Gasteiger partial charge on any atom is 0.137 e. The Hall–Kier alpha value is -1.43. The van der Waals surface area contributed by atoms with E-state index in [1.807, 2.05) is 12.1 Å². The molecule has 0 bridgehead atoms. The number of benzene rings is 1. The lowest BCUT2D eigenvalue weighted by atomic mass is 9.90. The molecule has 118 valence electrons. The van der Waals surface area contributed by atoms with Crippen molar-refractivity contribution in [2.75, 3.05) is 0 Å². The highest BCUT2D eigenvalue weighted by atomic mass is 35.5. The van der Waals surface area contributed by atoms with Crippen LogP contribution in [0.3, 0.4) is 0 Å². The predicted molar refractivity (Wildman–Crippen MR) is 92.5 cm³/mol. The molecule has 4 nitrogen and oxygen atoms in total. The van der Waals surface area contributed by atoms with Gasteiger partial charge >= 0.3 is 0 Å². The van der Waals surface area contributed by atoms with Gasteiger partial charge in [-0.15, -0.1) is 0 Å². The van der Waals surface area contributed by atoms with Gasteiger partial charge in [-0.3, -0.25) is 0 Å². The van der Waals surface area contributed by atoms with Gasteiger partial charge in [0.15, 0.2) is 0 Å². The second-order valence-corrected chi connectivity index (χ2v) is 12.1. The summed E-state index contributed by atoms with van der Waals surface area (Å²) in [6, 6.07) is 7.32. The summed E-state index contributed by atoms with van der Waals surface area (Å²) in [6.45, 7) is 7.15. The zero-order valence-electron chi connectivity index (χ0n) is 13.2. The fourth-order valence-electron chi connectivity index (χ4n) is 2.22. The van der Waals surface area contributed by atoms with Crippen LogP contribution in [0.2, 0.25) is 24.7 Å². The number of nitrogens with zero attached hydrogens (tertiary/aromatic N) is 3. The van der Waals surface area contributed by atoms with Crippen LogP contribution in [-0.4, -0.2) is 27.9 Å². The maximum absolute atomic E-state index is 11.2. The molecule has 0 aliphatic rings. The highest BCUT2D eigenvalue weighted by Gasteiger charge is 2.29. The molecule has 0 spiro atoms.